The molecule has 0 saturated carbocycles. The lowest BCUT2D eigenvalue weighted by Crippen LogP contribution is -2.32. The number of hydrogen-bond acceptors (Lipinski definition) is 3. The second-order valence-corrected chi connectivity index (χ2v) is 7.69. The number of methoxy groups -OCH3 is 1. The number of aliphatic imine (C=N–C) groups is 1. The number of benzene rings is 3. The fourth-order valence-electron chi connectivity index (χ4n) is 3.10. The van der Waals surface area contributed by atoms with Crippen LogP contribution in [0.15, 0.2) is 88.0 Å². The van der Waals surface area contributed by atoms with Gasteiger partial charge in [0.05, 0.1) is 12.8 Å². The molecule has 0 saturated heterocycles. The Balaban J connectivity index is 1.85. The molecule has 0 spiro atoms. The number of anilines is 1. The lowest BCUT2D eigenvalue weighted by atomic mass is 10.1. The predicted octanol–water partition coefficient (Wildman–Crippen LogP) is 5.95. The molecular formula is C23H16BrClN2O2. The highest BCUT2D eigenvalue weighted by Gasteiger charge is 2.32. The lowest BCUT2D eigenvalue weighted by Gasteiger charge is -2.19. The summed E-state index contributed by atoms with van der Waals surface area (Å²) >= 11 is 9.51. The first-order valence-corrected chi connectivity index (χ1v) is 10.0. The molecule has 1 aliphatic heterocycles. The van der Waals surface area contributed by atoms with Gasteiger partial charge in [0.2, 0.25) is 0 Å². The molecule has 4 rings (SSSR count). The molecule has 29 heavy (non-hydrogen) atoms. The van der Waals surface area contributed by atoms with Crippen molar-refractivity contribution in [1.29, 1.82) is 0 Å². The summed E-state index contributed by atoms with van der Waals surface area (Å²) in [6, 6.07) is 22.3. The highest BCUT2D eigenvalue weighted by molar-refractivity contribution is 9.10. The van der Waals surface area contributed by atoms with Crippen molar-refractivity contribution in [2.75, 3.05) is 12.0 Å². The Bertz CT molecular complexity index is 1140. The third-order valence-corrected chi connectivity index (χ3v) is 5.21. The number of nitrogens with zero attached hydrogens (tertiary/aromatic N) is 2. The van der Waals surface area contributed by atoms with E-state index < -0.39 is 0 Å². The van der Waals surface area contributed by atoms with Crippen LogP contribution in [-0.2, 0) is 4.79 Å². The van der Waals surface area contributed by atoms with Crippen molar-refractivity contribution >= 4 is 51.0 Å². The number of carbonyl (C=O) groups is 1. The number of amides is 1. The van der Waals surface area contributed by atoms with Crippen LogP contribution >= 0.6 is 27.5 Å². The number of hydrogen-bond donors (Lipinski definition) is 0. The molecule has 0 unspecified atom stereocenters. The van der Waals surface area contributed by atoms with Crippen LogP contribution in [0.3, 0.4) is 0 Å². The smallest absolute Gasteiger partial charge is 0.282 e. The van der Waals surface area contributed by atoms with Gasteiger partial charge in [0.25, 0.3) is 5.91 Å². The van der Waals surface area contributed by atoms with Gasteiger partial charge in [-0.15, -0.1) is 0 Å². The quantitative estimate of drug-likeness (QED) is 0.445. The van der Waals surface area contributed by atoms with Crippen molar-refractivity contribution in [1.82, 2.24) is 0 Å². The highest BCUT2D eigenvalue weighted by atomic mass is 79.9. The summed E-state index contributed by atoms with van der Waals surface area (Å²) in [5.41, 5.74) is 2.64. The van der Waals surface area contributed by atoms with Gasteiger partial charge in [0, 0.05) is 20.6 Å². The van der Waals surface area contributed by atoms with E-state index in [4.69, 9.17) is 16.3 Å². The Morgan fingerprint density at radius 2 is 1.79 bits per heavy atom. The Kier molecular flexibility index (Phi) is 5.51. The zero-order valence-electron chi connectivity index (χ0n) is 15.5. The van der Waals surface area contributed by atoms with E-state index in [-0.39, 0.29) is 5.91 Å². The molecular weight excluding hydrogens is 452 g/mol. The van der Waals surface area contributed by atoms with Crippen LogP contribution in [0.1, 0.15) is 11.1 Å². The first kappa shape index (κ1) is 19.4. The maximum atomic E-state index is 13.3. The van der Waals surface area contributed by atoms with Crippen LogP contribution in [-0.4, -0.2) is 18.9 Å². The van der Waals surface area contributed by atoms with Crippen LogP contribution in [0.5, 0.6) is 5.75 Å². The Morgan fingerprint density at radius 3 is 2.52 bits per heavy atom. The third kappa shape index (κ3) is 3.97. The van der Waals surface area contributed by atoms with Gasteiger partial charge in [0.1, 0.15) is 17.3 Å². The van der Waals surface area contributed by atoms with Crippen LogP contribution in [0.2, 0.25) is 5.02 Å². The predicted molar refractivity (Wildman–Crippen MR) is 121 cm³/mol. The molecule has 3 aromatic rings. The molecule has 0 radical (unpaired) electrons. The monoisotopic (exact) mass is 466 g/mol. The van der Waals surface area contributed by atoms with Gasteiger partial charge in [-0.3, -0.25) is 9.69 Å². The third-order valence-electron chi connectivity index (χ3n) is 4.46. The van der Waals surface area contributed by atoms with Gasteiger partial charge in [-0.25, -0.2) is 4.99 Å². The summed E-state index contributed by atoms with van der Waals surface area (Å²) in [5, 5.41) is 0.623. The number of ether oxygens (including phenoxy) is 1. The Morgan fingerprint density at radius 1 is 1.03 bits per heavy atom. The standard InChI is InChI=1S/C23H16BrClN2O2/c1-29-21-8-3-2-5-16(21)13-20-23(28)27(19-7-4-6-17(24)14-19)22(26-20)15-9-11-18(25)12-10-15/h2-14H,1H3/b20-13+. The second-order valence-electron chi connectivity index (χ2n) is 6.33. The van der Waals surface area contributed by atoms with Crippen LogP contribution in [0.4, 0.5) is 5.69 Å². The molecule has 0 N–H and O–H groups in total. The van der Waals surface area contributed by atoms with E-state index in [0.717, 1.165) is 21.3 Å². The minimum absolute atomic E-state index is 0.209. The fraction of sp³-hybridized carbons (Fsp3) is 0.0435. The summed E-state index contributed by atoms with van der Waals surface area (Å²) in [4.78, 5) is 19.6. The largest absolute Gasteiger partial charge is 0.496 e. The molecule has 0 atom stereocenters. The van der Waals surface area contributed by atoms with Crippen molar-refractivity contribution in [2.24, 2.45) is 4.99 Å². The molecule has 6 heteroatoms. The van der Waals surface area contributed by atoms with Crippen molar-refractivity contribution in [3.05, 3.63) is 99.1 Å². The summed E-state index contributed by atoms with van der Waals surface area (Å²) in [6.07, 6.45) is 1.75. The number of amidine groups is 1. The maximum absolute atomic E-state index is 13.3. The second kappa shape index (κ2) is 8.23. The zero-order chi connectivity index (χ0) is 20.4. The summed E-state index contributed by atoms with van der Waals surface area (Å²) in [7, 11) is 1.60. The van der Waals surface area contributed by atoms with E-state index in [0.29, 0.717) is 22.3 Å². The van der Waals surface area contributed by atoms with Crippen molar-refractivity contribution in [3.63, 3.8) is 0 Å². The number of rotatable bonds is 4. The topological polar surface area (TPSA) is 41.9 Å². The summed E-state index contributed by atoms with van der Waals surface area (Å²) in [5.74, 6) is 1.02. The van der Waals surface area contributed by atoms with E-state index in [1.54, 1.807) is 30.2 Å². The molecule has 4 nitrogen and oxygen atoms in total. The normalized spacial score (nSPS) is 15.0. The molecule has 0 aliphatic carbocycles. The maximum Gasteiger partial charge on any atom is 0.282 e. The number of halogens is 2. The first-order chi connectivity index (χ1) is 14.1. The fourth-order valence-corrected chi connectivity index (χ4v) is 3.61. The lowest BCUT2D eigenvalue weighted by molar-refractivity contribution is -0.113. The average molecular weight is 468 g/mol. The zero-order valence-corrected chi connectivity index (χ0v) is 17.8. The minimum atomic E-state index is -0.209. The van der Waals surface area contributed by atoms with Crippen molar-refractivity contribution < 1.29 is 9.53 Å². The molecule has 144 valence electrons. The molecule has 0 fully saturated rings. The molecule has 0 bridgehead atoms. The number of carbonyl (C=O) groups excluding carboxylic acids is 1. The van der Waals surface area contributed by atoms with Gasteiger partial charge in [-0.05, 0) is 54.6 Å². The van der Waals surface area contributed by atoms with E-state index in [2.05, 4.69) is 20.9 Å². The SMILES string of the molecule is COc1ccccc1/C=C1/N=C(c2ccc(Cl)cc2)N(c2cccc(Br)c2)C1=O. The van der Waals surface area contributed by atoms with Crippen LogP contribution in [0.25, 0.3) is 6.08 Å². The Labute approximate surface area is 182 Å². The van der Waals surface area contributed by atoms with E-state index >= 15 is 0 Å². The van der Waals surface area contributed by atoms with Crippen molar-refractivity contribution in [2.45, 2.75) is 0 Å². The van der Waals surface area contributed by atoms with E-state index in [1.165, 1.54) is 0 Å². The number of para-hydroxylation sites is 1. The van der Waals surface area contributed by atoms with E-state index in [1.807, 2.05) is 60.7 Å². The highest BCUT2D eigenvalue weighted by Crippen LogP contribution is 2.31. The Hall–Kier alpha value is -2.89. The molecule has 1 amide bonds. The van der Waals surface area contributed by atoms with Gasteiger partial charge in [-0.1, -0.05) is 51.8 Å². The van der Waals surface area contributed by atoms with Crippen LogP contribution < -0.4 is 9.64 Å². The van der Waals surface area contributed by atoms with Gasteiger partial charge in [-0.2, -0.15) is 0 Å². The van der Waals surface area contributed by atoms with Gasteiger partial charge >= 0.3 is 0 Å². The van der Waals surface area contributed by atoms with Crippen LogP contribution in [0, 0.1) is 0 Å². The molecule has 1 heterocycles. The molecule has 1 aliphatic rings. The summed E-state index contributed by atoms with van der Waals surface area (Å²) in [6.45, 7) is 0. The van der Waals surface area contributed by atoms with E-state index in [9.17, 15) is 4.79 Å². The average Bonchev–Trinajstić information content (AvgIpc) is 3.05. The molecule has 3 aromatic carbocycles. The summed E-state index contributed by atoms with van der Waals surface area (Å²) < 4.78 is 6.28. The van der Waals surface area contributed by atoms with Gasteiger partial charge < -0.3 is 4.74 Å². The minimum Gasteiger partial charge on any atom is -0.496 e. The first-order valence-electron chi connectivity index (χ1n) is 8.86. The van der Waals surface area contributed by atoms with Gasteiger partial charge in [0.15, 0.2) is 0 Å². The molecule has 0 aromatic heterocycles. The van der Waals surface area contributed by atoms with Crippen molar-refractivity contribution in [3.8, 4) is 5.75 Å².